The van der Waals surface area contributed by atoms with Crippen LogP contribution in [0.1, 0.15) is 57.1 Å². The number of urea groups is 1. The number of anilines is 1. The Morgan fingerprint density at radius 3 is 2.28 bits per heavy atom. The van der Waals surface area contributed by atoms with Crippen molar-refractivity contribution in [2.24, 2.45) is 5.92 Å². The molecule has 3 rings (SSSR count). The number of carbonyl (C=O) groups excluding carboxylic acids is 1. The van der Waals surface area contributed by atoms with E-state index in [1.807, 2.05) is 11.0 Å². The van der Waals surface area contributed by atoms with E-state index in [2.05, 4.69) is 50.0 Å². The van der Waals surface area contributed by atoms with E-state index in [0.29, 0.717) is 12.1 Å². The molecular weight excluding hydrogens is 362 g/mol. The molecule has 0 aliphatic carbocycles. The molecule has 2 heterocycles. The summed E-state index contributed by atoms with van der Waals surface area (Å²) < 4.78 is 5.60. The molecule has 2 aliphatic heterocycles. The molecule has 2 amide bonds. The maximum absolute atomic E-state index is 12.8. The molecule has 0 saturated carbocycles. The fraction of sp³-hybridized carbons (Fsp3) is 0.708. The van der Waals surface area contributed by atoms with Gasteiger partial charge in [-0.2, -0.15) is 0 Å². The molecule has 1 N–H and O–H groups in total. The average Bonchev–Trinajstić information content (AvgIpc) is 2.72. The summed E-state index contributed by atoms with van der Waals surface area (Å²) in [5, 5.41) is 3.15. The number of benzene rings is 1. The second-order valence-electron chi connectivity index (χ2n) is 9.18. The minimum Gasteiger partial charge on any atom is -0.381 e. The zero-order valence-electron chi connectivity index (χ0n) is 18.7. The van der Waals surface area contributed by atoms with E-state index in [1.165, 1.54) is 13.0 Å². The summed E-state index contributed by atoms with van der Waals surface area (Å²) in [4.78, 5) is 17.6. The number of carbonyl (C=O) groups is 1. The van der Waals surface area contributed by atoms with E-state index in [-0.39, 0.29) is 6.03 Å². The van der Waals surface area contributed by atoms with Gasteiger partial charge in [0.1, 0.15) is 0 Å². The zero-order chi connectivity index (χ0) is 20.8. The van der Waals surface area contributed by atoms with E-state index >= 15 is 0 Å². The molecule has 29 heavy (non-hydrogen) atoms. The number of likely N-dealkylation sites (tertiary alicyclic amines) is 1. The Morgan fingerprint density at radius 2 is 1.69 bits per heavy atom. The van der Waals surface area contributed by atoms with Crippen LogP contribution in [0.25, 0.3) is 0 Å². The third kappa shape index (κ3) is 5.95. The van der Waals surface area contributed by atoms with Gasteiger partial charge in [-0.3, -0.25) is 4.90 Å². The summed E-state index contributed by atoms with van der Waals surface area (Å²) >= 11 is 0. The Morgan fingerprint density at radius 1 is 1.10 bits per heavy atom. The smallest absolute Gasteiger partial charge is 0.321 e. The number of hydrogen-bond acceptors (Lipinski definition) is 3. The van der Waals surface area contributed by atoms with E-state index in [1.54, 1.807) is 0 Å². The number of piperidine rings is 1. The van der Waals surface area contributed by atoms with Crippen LogP contribution in [0.15, 0.2) is 18.2 Å². The first kappa shape index (κ1) is 22.1. The van der Waals surface area contributed by atoms with Crippen molar-refractivity contribution in [1.82, 2.24) is 9.80 Å². The van der Waals surface area contributed by atoms with Gasteiger partial charge in [-0.1, -0.05) is 32.0 Å². The Balaban J connectivity index is 1.57. The van der Waals surface area contributed by atoms with Gasteiger partial charge in [0, 0.05) is 44.1 Å². The lowest BCUT2D eigenvalue weighted by molar-refractivity contribution is 0.00321. The molecule has 5 heteroatoms. The lowest BCUT2D eigenvalue weighted by Crippen LogP contribution is -2.52. The lowest BCUT2D eigenvalue weighted by atomic mass is 9.96. The maximum atomic E-state index is 12.8. The molecule has 2 fully saturated rings. The molecule has 162 valence electrons. The van der Waals surface area contributed by atoms with Crippen LogP contribution in [0.4, 0.5) is 10.5 Å². The van der Waals surface area contributed by atoms with Crippen molar-refractivity contribution in [1.29, 1.82) is 0 Å². The van der Waals surface area contributed by atoms with Gasteiger partial charge in [-0.05, 0) is 69.5 Å². The van der Waals surface area contributed by atoms with Crippen molar-refractivity contribution in [2.75, 3.05) is 38.2 Å². The molecule has 2 saturated heterocycles. The zero-order valence-corrected chi connectivity index (χ0v) is 18.7. The third-order valence-electron chi connectivity index (χ3n) is 6.56. The number of rotatable bonds is 6. The molecule has 0 unspecified atom stereocenters. The summed E-state index contributed by atoms with van der Waals surface area (Å²) in [6.07, 6.45) is 5.66. The quantitative estimate of drug-likeness (QED) is 0.743. The Kier molecular flexibility index (Phi) is 7.96. The fourth-order valence-electron chi connectivity index (χ4n) is 4.69. The van der Waals surface area contributed by atoms with Gasteiger partial charge < -0.3 is 15.0 Å². The van der Waals surface area contributed by atoms with Gasteiger partial charge in [-0.25, -0.2) is 4.79 Å². The largest absolute Gasteiger partial charge is 0.381 e. The van der Waals surface area contributed by atoms with Gasteiger partial charge >= 0.3 is 6.03 Å². The molecule has 0 atom stereocenters. The number of amides is 2. The van der Waals surface area contributed by atoms with Crippen LogP contribution in [0, 0.1) is 19.8 Å². The minimum atomic E-state index is 0.0423. The van der Waals surface area contributed by atoms with Gasteiger partial charge in [-0.15, -0.1) is 0 Å². The summed E-state index contributed by atoms with van der Waals surface area (Å²) in [5.74, 6) is 0.723. The molecule has 5 nitrogen and oxygen atoms in total. The molecule has 0 aromatic heterocycles. The number of aryl methyl sites for hydroxylation is 2. The van der Waals surface area contributed by atoms with Crippen LogP contribution in [0.5, 0.6) is 0 Å². The lowest BCUT2D eigenvalue weighted by Gasteiger charge is -2.44. The molecule has 2 aliphatic rings. The molecule has 0 bridgehead atoms. The molecule has 0 radical (unpaired) electrons. The predicted molar refractivity (Wildman–Crippen MR) is 120 cm³/mol. The Hall–Kier alpha value is -1.59. The van der Waals surface area contributed by atoms with Crippen molar-refractivity contribution >= 4 is 11.7 Å². The number of nitrogens with zero attached hydrogens (tertiary/aromatic N) is 2. The molecule has 0 spiro atoms. The highest BCUT2D eigenvalue weighted by Gasteiger charge is 2.32. The highest BCUT2D eigenvalue weighted by molar-refractivity contribution is 5.91. The monoisotopic (exact) mass is 401 g/mol. The van der Waals surface area contributed by atoms with Gasteiger partial charge in [0.25, 0.3) is 0 Å². The normalized spacial score (nSPS) is 19.2. The van der Waals surface area contributed by atoms with Crippen LogP contribution in [0.2, 0.25) is 0 Å². The second kappa shape index (κ2) is 10.4. The average molecular weight is 402 g/mol. The van der Waals surface area contributed by atoms with E-state index in [9.17, 15) is 4.79 Å². The maximum Gasteiger partial charge on any atom is 0.321 e. The van der Waals surface area contributed by atoms with E-state index in [4.69, 9.17) is 4.74 Å². The van der Waals surface area contributed by atoms with Crippen LogP contribution >= 0.6 is 0 Å². The van der Waals surface area contributed by atoms with Gasteiger partial charge in [0.15, 0.2) is 0 Å². The van der Waals surface area contributed by atoms with Crippen molar-refractivity contribution in [3.05, 3.63) is 29.3 Å². The van der Waals surface area contributed by atoms with Crippen molar-refractivity contribution < 1.29 is 9.53 Å². The van der Waals surface area contributed by atoms with Gasteiger partial charge in [0.05, 0.1) is 0 Å². The first-order chi connectivity index (χ1) is 14.0. The summed E-state index contributed by atoms with van der Waals surface area (Å²) in [7, 11) is 0. The summed E-state index contributed by atoms with van der Waals surface area (Å²) in [6, 6.07) is 7.41. The highest BCUT2D eigenvalue weighted by Crippen LogP contribution is 2.26. The standard InChI is InChI=1S/C24H39N3O2/c1-18(2)8-15-27(22-11-16-29-17-12-22)21-9-13-26(14-10-21)24(28)25-23-19(3)6-5-7-20(23)4/h5-7,18,21-22H,8-17H2,1-4H3,(H,25,28). The van der Waals surface area contributed by atoms with Gasteiger partial charge in [0.2, 0.25) is 0 Å². The Labute approximate surface area is 176 Å². The second-order valence-corrected chi connectivity index (χ2v) is 9.18. The highest BCUT2D eigenvalue weighted by atomic mass is 16.5. The fourth-order valence-corrected chi connectivity index (χ4v) is 4.69. The SMILES string of the molecule is Cc1cccc(C)c1NC(=O)N1CCC(N(CCC(C)C)C2CCOCC2)CC1. The topological polar surface area (TPSA) is 44.8 Å². The van der Waals surface area contributed by atoms with Crippen molar-refractivity contribution in [3.8, 4) is 0 Å². The minimum absolute atomic E-state index is 0.0423. The third-order valence-corrected chi connectivity index (χ3v) is 6.56. The number of ether oxygens (including phenoxy) is 1. The van der Waals surface area contributed by atoms with E-state index in [0.717, 1.165) is 74.7 Å². The first-order valence-electron chi connectivity index (χ1n) is 11.4. The number of nitrogens with one attached hydrogen (secondary N) is 1. The van der Waals surface area contributed by atoms with Crippen molar-refractivity contribution in [2.45, 2.75) is 71.9 Å². The number of hydrogen-bond donors (Lipinski definition) is 1. The van der Waals surface area contributed by atoms with Crippen molar-refractivity contribution in [3.63, 3.8) is 0 Å². The first-order valence-corrected chi connectivity index (χ1v) is 11.4. The molecule has 1 aromatic rings. The van der Waals surface area contributed by atoms with Crippen LogP contribution in [-0.4, -0.2) is 60.8 Å². The van der Waals surface area contributed by atoms with Crippen LogP contribution in [-0.2, 0) is 4.74 Å². The van der Waals surface area contributed by atoms with Crippen LogP contribution < -0.4 is 5.32 Å². The summed E-state index contributed by atoms with van der Waals surface area (Å²) in [5.41, 5.74) is 3.20. The molecule has 1 aromatic carbocycles. The molecular formula is C24H39N3O2. The predicted octanol–water partition coefficient (Wildman–Crippen LogP) is 4.83. The van der Waals surface area contributed by atoms with E-state index < -0.39 is 0 Å². The summed E-state index contributed by atoms with van der Waals surface area (Å²) in [6.45, 7) is 13.3. The number of para-hydroxylation sites is 1. The Bertz CT molecular complexity index is 642. The van der Waals surface area contributed by atoms with Crippen LogP contribution in [0.3, 0.4) is 0 Å².